The summed E-state index contributed by atoms with van der Waals surface area (Å²) in [4.78, 5) is 6.93. The fourth-order valence-corrected chi connectivity index (χ4v) is 2.60. The summed E-state index contributed by atoms with van der Waals surface area (Å²) in [6.07, 6.45) is 1.71. The lowest BCUT2D eigenvalue weighted by atomic mass is 9.84. The zero-order chi connectivity index (χ0) is 17.0. The van der Waals surface area contributed by atoms with Crippen LogP contribution in [0.4, 0.5) is 0 Å². The van der Waals surface area contributed by atoms with Crippen molar-refractivity contribution in [2.75, 3.05) is 73.3 Å². The minimum atomic E-state index is -0.00758. The summed E-state index contributed by atoms with van der Waals surface area (Å²) in [7, 11) is 3.80. The van der Waals surface area contributed by atoms with Crippen molar-refractivity contribution in [1.82, 2.24) is 15.5 Å². The Kier molecular flexibility index (Phi) is 10.2. The van der Waals surface area contributed by atoms with Crippen LogP contribution >= 0.6 is 0 Å². The Balaban J connectivity index is 2.43. The zero-order valence-electron chi connectivity index (χ0n) is 14.9. The lowest BCUT2D eigenvalue weighted by molar-refractivity contribution is 0.131. The average Bonchev–Trinajstić information content (AvgIpc) is 3.00. The van der Waals surface area contributed by atoms with Gasteiger partial charge in [-0.1, -0.05) is 0 Å². The maximum Gasteiger partial charge on any atom is 0.191 e. The van der Waals surface area contributed by atoms with Gasteiger partial charge in [0.2, 0.25) is 0 Å². The third-order valence-electron chi connectivity index (χ3n) is 4.21. The first-order valence-corrected chi connectivity index (χ1v) is 8.54. The van der Waals surface area contributed by atoms with Gasteiger partial charge in [0.25, 0.3) is 0 Å². The molecule has 136 valence electrons. The van der Waals surface area contributed by atoms with Crippen LogP contribution in [0, 0.1) is 5.41 Å². The molecule has 1 saturated heterocycles. The molecule has 1 atom stereocenters. The number of hydrogen-bond donors (Lipinski definition) is 3. The molecule has 0 amide bonds. The first kappa shape index (κ1) is 20.2. The summed E-state index contributed by atoms with van der Waals surface area (Å²) in [6, 6.07) is 0. The van der Waals surface area contributed by atoms with E-state index < -0.39 is 0 Å². The molecule has 1 aliphatic rings. The molecule has 7 heteroatoms. The van der Waals surface area contributed by atoms with Crippen LogP contribution in [0.1, 0.15) is 19.8 Å². The standard InChI is InChI=1S/C16H34N4O3/c1-4-17-15(18-7-8-20(2)9-12-22-3)19-13-16(5-10-21)6-11-23-14-16/h21H,4-14H2,1-3H3,(H2,17,18,19). The quantitative estimate of drug-likeness (QED) is 0.363. The summed E-state index contributed by atoms with van der Waals surface area (Å²) in [5, 5.41) is 15.9. The number of ether oxygens (including phenoxy) is 2. The van der Waals surface area contributed by atoms with Crippen LogP contribution in [0.25, 0.3) is 0 Å². The van der Waals surface area contributed by atoms with E-state index in [1.54, 1.807) is 7.11 Å². The van der Waals surface area contributed by atoms with E-state index in [0.717, 1.165) is 58.2 Å². The number of likely N-dealkylation sites (N-methyl/N-ethyl adjacent to an activating group) is 1. The fourth-order valence-electron chi connectivity index (χ4n) is 2.60. The number of nitrogens with one attached hydrogen (secondary N) is 2. The molecule has 0 aromatic heterocycles. The van der Waals surface area contributed by atoms with Gasteiger partial charge in [0.15, 0.2) is 5.96 Å². The van der Waals surface area contributed by atoms with E-state index in [4.69, 9.17) is 14.5 Å². The van der Waals surface area contributed by atoms with Crippen molar-refractivity contribution in [2.45, 2.75) is 19.8 Å². The number of guanidine groups is 1. The van der Waals surface area contributed by atoms with Gasteiger partial charge in [-0.15, -0.1) is 0 Å². The molecule has 1 unspecified atom stereocenters. The minimum absolute atomic E-state index is 0.00758. The van der Waals surface area contributed by atoms with Crippen molar-refractivity contribution >= 4 is 5.96 Å². The van der Waals surface area contributed by atoms with Crippen LogP contribution in [0.5, 0.6) is 0 Å². The van der Waals surface area contributed by atoms with Crippen LogP contribution in [0.2, 0.25) is 0 Å². The molecule has 3 N–H and O–H groups in total. The van der Waals surface area contributed by atoms with Gasteiger partial charge in [0.05, 0.1) is 19.8 Å². The van der Waals surface area contributed by atoms with Gasteiger partial charge in [-0.3, -0.25) is 4.99 Å². The largest absolute Gasteiger partial charge is 0.396 e. The van der Waals surface area contributed by atoms with Crippen molar-refractivity contribution in [3.8, 4) is 0 Å². The maximum absolute atomic E-state index is 9.28. The number of aliphatic imine (C=N–C) groups is 1. The van der Waals surface area contributed by atoms with Crippen LogP contribution < -0.4 is 10.6 Å². The van der Waals surface area contributed by atoms with E-state index in [9.17, 15) is 5.11 Å². The molecule has 1 aliphatic heterocycles. The lowest BCUT2D eigenvalue weighted by Crippen LogP contribution is -2.42. The number of aliphatic hydroxyl groups excluding tert-OH is 1. The van der Waals surface area contributed by atoms with Crippen molar-refractivity contribution < 1.29 is 14.6 Å². The molecule has 0 aromatic rings. The van der Waals surface area contributed by atoms with E-state index >= 15 is 0 Å². The lowest BCUT2D eigenvalue weighted by Gasteiger charge is -2.25. The Morgan fingerprint density at radius 1 is 1.39 bits per heavy atom. The van der Waals surface area contributed by atoms with Crippen LogP contribution in [-0.4, -0.2) is 89.3 Å². The molecular weight excluding hydrogens is 296 g/mol. The highest BCUT2D eigenvalue weighted by Gasteiger charge is 2.34. The summed E-state index contributed by atoms with van der Waals surface area (Å²) >= 11 is 0. The van der Waals surface area contributed by atoms with E-state index in [-0.39, 0.29) is 12.0 Å². The Morgan fingerprint density at radius 2 is 2.22 bits per heavy atom. The average molecular weight is 330 g/mol. The molecule has 0 aromatic carbocycles. The zero-order valence-corrected chi connectivity index (χ0v) is 14.9. The van der Waals surface area contributed by atoms with Crippen LogP contribution in [-0.2, 0) is 9.47 Å². The molecule has 0 saturated carbocycles. The third-order valence-corrected chi connectivity index (χ3v) is 4.21. The highest BCUT2D eigenvalue weighted by atomic mass is 16.5. The van der Waals surface area contributed by atoms with Gasteiger partial charge in [-0.25, -0.2) is 0 Å². The Hall–Kier alpha value is -0.890. The van der Waals surface area contributed by atoms with Crippen molar-refractivity contribution in [2.24, 2.45) is 10.4 Å². The molecular formula is C16H34N4O3. The third kappa shape index (κ3) is 7.97. The number of aliphatic hydroxyl groups is 1. The number of rotatable bonds is 11. The highest BCUT2D eigenvalue weighted by Crippen LogP contribution is 2.32. The molecule has 7 nitrogen and oxygen atoms in total. The van der Waals surface area contributed by atoms with Gasteiger partial charge < -0.3 is 30.1 Å². The second-order valence-corrected chi connectivity index (χ2v) is 6.19. The van der Waals surface area contributed by atoms with E-state index in [1.807, 2.05) is 0 Å². The van der Waals surface area contributed by atoms with Crippen molar-refractivity contribution in [3.63, 3.8) is 0 Å². The smallest absolute Gasteiger partial charge is 0.191 e. The molecule has 1 fully saturated rings. The molecule has 1 heterocycles. The monoisotopic (exact) mass is 330 g/mol. The van der Waals surface area contributed by atoms with Gasteiger partial charge in [-0.2, -0.15) is 0 Å². The van der Waals surface area contributed by atoms with Gasteiger partial charge >= 0.3 is 0 Å². The van der Waals surface area contributed by atoms with Crippen molar-refractivity contribution in [1.29, 1.82) is 0 Å². The van der Waals surface area contributed by atoms with Gasteiger partial charge in [0, 0.05) is 51.9 Å². The first-order chi connectivity index (χ1) is 11.2. The fraction of sp³-hybridized carbons (Fsp3) is 0.938. The second kappa shape index (κ2) is 11.6. The molecule has 0 spiro atoms. The molecule has 1 rings (SSSR count). The summed E-state index contributed by atoms with van der Waals surface area (Å²) < 4.78 is 10.6. The highest BCUT2D eigenvalue weighted by molar-refractivity contribution is 5.79. The SMILES string of the molecule is CCNC(=NCC1(CCO)CCOC1)NCCN(C)CCOC. The predicted molar refractivity (Wildman–Crippen MR) is 92.9 cm³/mol. The van der Waals surface area contributed by atoms with Crippen LogP contribution in [0.3, 0.4) is 0 Å². The maximum atomic E-state index is 9.28. The number of hydrogen-bond acceptors (Lipinski definition) is 5. The molecule has 0 aliphatic carbocycles. The van der Waals surface area contributed by atoms with E-state index in [1.165, 1.54) is 0 Å². The summed E-state index contributed by atoms with van der Waals surface area (Å²) in [5.41, 5.74) is -0.00758. The minimum Gasteiger partial charge on any atom is -0.396 e. The van der Waals surface area contributed by atoms with E-state index in [2.05, 4.69) is 29.5 Å². The van der Waals surface area contributed by atoms with Gasteiger partial charge in [-0.05, 0) is 26.8 Å². The molecule has 0 bridgehead atoms. The second-order valence-electron chi connectivity index (χ2n) is 6.19. The Morgan fingerprint density at radius 3 is 2.83 bits per heavy atom. The predicted octanol–water partition coefficient (Wildman–Crippen LogP) is -0.0912. The van der Waals surface area contributed by atoms with Crippen LogP contribution in [0.15, 0.2) is 4.99 Å². The van der Waals surface area contributed by atoms with Crippen molar-refractivity contribution in [3.05, 3.63) is 0 Å². The molecule has 23 heavy (non-hydrogen) atoms. The number of nitrogens with zero attached hydrogens (tertiary/aromatic N) is 2. The normalized spacial score (nSPS) is 21.9. The summed E-state index contributed by atoms with van der Waals surface area (Å²) in [5.74, 6) is 0.830. The Labute approximate surface area is 140 Å². The Bertz CT molecular complexity index is 333. The number of methoxy groups -OCH3 is 1. The first-order valence-electron chi connectivity index (χ1n) is 8.54. The van der Waals surface area contributed by atoms with E-state index in [0.29, 0.717) is 13.2 Å². The molecule has 0 radical (unpaired) electrons. The topological polar surface area (TPSA) is 78.4 Å². The summed E-state index contributed by atoms with van der Waals surface area (Å²) in [6.45, 7) is 8.64. The van der Waals surface area contributed by atoms with Gasteiger partial charge in [0.1, 0.15) is 0 Å².